The van der Waals surface area contributed by atoms with Crippen LogP contribution >= 0.6 is 0 Å². The molecule has 0 aliphatic rings. The number of rotatable bonds is 62. The van der Waals surface area contributed by atoms with Gasteiger partial charge in [0.15, 0.2) is 0 Å². The van der Waals surface area contributed by atoms with Gasteiger partial charge in [-0.15, -0.1) is 0 Å². The summed E-state index contributed by atoms with van der Waals surface area (Å²) in [6.07, 6.45) is 85.6. The molecule has 0 saturated heterocycles. The van der Waals surface area contributed by atoms with Crippen LogP contribution in [-0.2, 0) is 14.3 Å². The predicted molar refractivity (Wildman–Crippen MR) is 333 cm³/mol. The van der Waals surface area contributed by atoms with E-state index in [0.29, 0.717) is 19.4 Å². The molecule has 1 amide bonds. The molecule has 0 aliphatic heterocycles. The molecule has 0 heterocycles. The number of hydrogen-bond acceptors (Lipinski definition) is 5. The summed E-state index contributed by atoms with van der Waals surface area (Å²) in [6, 6.07) is -0.637. The molecular formula is C70H129NO5. The fourth-order valence-electron chi connectivity index (χ4n) is 10.1. The summed E-state index contributed by atoms with van der Waals surface area (Å²) in [5.74, 6) is -0.0782. The summed E-state index contributed by atoms with van der Waals surface area (Å²) in [6.45, 7) is 4.89. The Morgan fingerprint density at radius 1 is 0.368 bits per heavy atom. The second kappa shape index (κ2) is 65.1. The summed E-state index contributed by atoms with van der Waals surface area (Å²) >= 11 is 0. The van der Waals surface area contributed by atoms with Gasteiger partial charge in [0.25, 0.3) is 0 Å². The van der Waals surface area contributed by atoms with Crippen LogP contribution in [0.4, 0.5) is 0 Å². The number of nitrogens with one attached hydrogen (secondary N) is 1. The number of esters is 1. The van der Waals surface area contributed by atoms with Crippen molar-refractivity contribution in [3.63, 3.8) is 0 Å². The lowest BCUT2D eigenvalue weighted by Gasteiger charge is -2.20. The Labute approximate surface area is 473 Å². The normalized spacial score (nSPS) is 12.9. The highest BCUT2D eigenvalue weighted by atomic mass is 16.5. The summed E-state index contributed by atoms with van der Waals surface area (Å²) in [7, 11) is 0. The van der Waals surface area contributed by atoms with Crippen LogP contribution in [0.3, 0.4) is 0 Å². The van der Waals surface area contributed by atoms with Crippen molar-refractivity contribution in [1.29, 1.82) is 0 Å². The van der Waals surface area contributed by atoms with E-state index in [9.17, 15) is 19.8 Å². The van der Waals surface area contributed by atoms with E-state index < -0.39 is 12.1 Å². The molecule has 0 aromatic heterocycles. The Morgan fingerprint density at radius 2 is 0.658 bits per heavy atom. The van der Waals surface area contributed by atoms with Crippen molar-refractivity contribution >= 4 is 11.9 Å². The molecule has 76 heavy (non-hydrogen) atoms. The molecule has 3 N–H and O–H groups in total. The highest BCUT2D eigenvalue weighted by Gasteiger charge is 2.18. The summed E-state index contributed by atoms with van der Waals surface area (Å²) in [4.78, 5) is 24.6. The van der Waals surface area contributed by atoms with Gasteiger partial charge in [-0.25, -0.2) is 0 Å². The monoisotopic (exact) mass is 1060 g/mol. The molecule has 0 aromatic rings. The van der Waals surface area contributed by atoms with Gasteiger partial charge < -0.3 is 20.3 Å². The SMILES string of the molecule is CCCCCC/C=C\C/C=C\CCCCCCCCCC(=O)OCCCCCCCCCCC/C=C\C/C=C\CCCCCCCCCC(=O)NC(CO)C(O)/C=C/CCCCCCCCCCCCCCCCCC. The minimum absolute atomic E-state index is 0.00105. The van der Waals surface area contributed by atoms with Gasteiger partial charge in [0.05, 0.1) is 25.4 Å². The molecule has 6 nitrogen and oxygen atoms in total. The first-order chi connectivity index (χ1) is 37.5. The van der Waals surface area contributed by atoms with E-state index in [1.54, 1.807) is 6.08 Å². The van der Waals surface area contributed by atoms with Gasteiger partial charge in [0.2, 0.25) is 5.91 Å². The first kappa shape index (κ1) is 73.6. The molecular weight excluding hydrogens is 935 g/mol. The van der Waals surface area contributed by atoms with Crippen molar-refractivity contribution in [3.05, 3.63) is 60.8 Å². The standard InChI is InChI=1S/C70H129NO5/c1-3-5-7-9-11-13-15-17-19-21-30-34-38-42-46-50-54-58-62-68(73)67(66-72)71-69(74)63-59-55-51-47-43-39-35-31-28-26-24-23-25-27-29-33-37-41-45-49-53-57-61-65-76-70(75)64-60-56-52-48-44-40-36-32-22-20-18-16-14-12-10-8-6-4-2/h14,16,20,22-23,25-26,28,58,62,67-68,72-73H,3-13,15,17-19,21,24,27,29-57,59-61,63-66H2,1-2H3,(H,71,74)/b16-14-,22-20-,25-23-,28-26-,62-58+. The number of ether oxygens (including phenoxy) is 1. The molecule has 0 fully saturated rings. The highest BCUT2D eigenvalue weighted by molar-refractivity contribution is 5.76. The Hall–Kier alpha value is -2.44. The van der Waals surface area contributed by atoms with Crippen LogP contribution in [0.5, 0.6) is 0 Å². The average molecular weight is 1060 g/mol. The van der Waals surface area contributed by atoms with E-state index in [0.717, 1.165) is 70.6 Å². The fraction of sp³-hybridized carbons (Fsp3) is 0.829. The van der Waals surface area contributed by atoms with Gasteiger partial charge in [-0.05, 0) is 96.3 Å². The first-order valence-corrected chi connectivity index (χ1v) is 33.6. The van der Waals surface area contributed by atoms with Gasteiger partial charge in [-0.1, -0.05) is 299 Å². The maximum absolute atomic E-state index is 12.5. The Bertz CT molecular complexity index is 1320. The smallest absolute Gasteiger partial charge is 0.305 e. The largest absolute Gasteiger partial charge is 0.466 e. The van der Waals surface area contributed by atoms with Crippen LogP contribution in [0.2, 0.25) is 0 Å². The third-order valence-corrected chi connectivity index (χ3v) is 15.3. The molecule has 0 saturated carbocycles. The third-order valence-electron chi connectivity index (χ3n) is 15.3. The van der Waals surface area contributed by atoms with Gasteiger partial charge in [0.1, 0.15) is 0 Å². The van der Waals surface area contributed by atoms with E-state index >= 15 is 0 Å². The molecule has 0 radical (unpaired) electrons. The van der Waals surface area contributed by atoms with E-state index in [4.69, 9.17) is 4.74 Å². The molecule has 2 atom stereocenters. The lowest BCUT2D eigenvalue weighted by Crippen LogP contribution is -2.45. The maximum Gasteiger partial charge on any atom is 0.305 e. The Balaban J connectivity index is 3.47. The van der Waals surface area contributed by atoms with E-state index in [2.05, 4.69) is 67.8 Å². The van der Waals surface area contributed by atoms with Gasteiger partial charge in [0, 0.05) is 12.8 Å². The van der Waals surface area contributed by atoms with Crippen LogP contribution in [0, 0.1) is 0 Å². The molecule has 0 bridgehead atoms. The Kier molecular flexibility index (Phi) is 63.0. The van der Waals surface area contributed by atoms with Gasteiger partial charge in [-0.2, -0.15) is 0 Å². The maximum atomic E-state index is 12.5. The molecule has 0 spiro atoms. The average Bonchev–Trinajstić information content (AvgIpc) is 3.42. The van der Waals surface area contributed by atoms with Crippen LogP contribution < -0.4 is 5.32 Å². The lowest BCUT2D eigenvalue weighted by atomic mass is 10.0. The van der Waals surface area contributed by atoms with Crippen molar-refractivity contribution < 1.29 is 24.5 Å². The fourth-order valence-corrected chi connectivity index (χ4v) is 10.1. The lowest BCUT2D eigenvalue weighted by molar-refractivity contribution is -0.143. The molecule has 0 rings (SSSR count). The van der Waals surface area contributed by atoms with Gasteiger partial charge in [-0.3, -0.25) is 9.59 Å². The number of amides is 1. The summed E-state index contributed by atoms with van der Waals surface area (Å²) in [5, 5.41) is 23.2. The summed E-state index contributed by atoms with van der Waals surface area (Å²) < 4.78 is 5.49. The number of allylic oxidation sites excluding steroid dienone is 9. The molecule has 444 valence electrons. The topological polar surface area (TPSA) is 95.9 Å². The number of carbonyl (C=O) groups is 2. The van der Waals surface area contributed by atoms with Crippen molar-refractivity contribution in [2.24, 2.45) is 0 Å². The minimum Gasteiger partial charge on any atom is -0.466 e. The number of unbranched alkanes of at least 4 members (excludes halogenated alkanes) is 43. The molecule has 0 aliphatic carbocycles. The third kappa shape index (κ3) is 60.8. The van der Waals surface area contributed by atoms with Crippen molar-refractivity contribution in [2.75, 3.05) is 13.2 Å². The van der Waals surface area contributed by atoms with Gasteiger partial charge >= 0.3 is 5.97 Å². The van der Waals surface area contributed by atoms with Crippen LogP contribution in [0.15, 0.2) is 60.8 Å². The number of carbonyl (C=O) groups excluding carboxylic acids is 2. The zero-order valence-electron chi connectivity index (χ0n) is 50.7. The predicted octanol–water partition coefficient (Wildman–Crippen LogP) is 21.5. The zero-order valence-corrected chi connectivity index (χ0v) is 50.7. The van der Waals surface area contributed by atoms with Crippen LogP contribution in [0.25, 0.3) is 0 Å². The second-order valence-corrected chi connectivity index (χ2v) is 22.8. The summed E-state index contributed by atoms with van der Waals surface area (Å²) in [5.41, 5.74) is 0. The van der Waals surface area contributed by atoms with Crippen LogP contribution in [0.1, 0.15) is 348 Å². The minimum atomic E-state index is -0.853. The first-order valence-electron chi connectivity index (χ1n) is 33.6. The van der Waals surface area contributed by atoms with E-state index in [1.165, 1.54) is 250 Å². The number of hydrogen-bond donors (Lipinski definition) is 3. The molecule has 6 heteroatoms. The molecule has 0 aromatic carbocycles. The van der Waals surface area contributed by atoms with Crippen molar-refractivity contribution in [2.45, 2.75) is 360 Å². The highest BCUT2D eigenvalue weighted by Crippen LogP contribution is 2.17. The van der Waals surface area contributed by atoms with Crippen molar-refractivity contribution in [1.82, 2.24) is 5.32 Å². The number of aliphatic hydroxyl groups is 2. The molecule has 2 unspecified atom stereocenters. The van der Waals surface area contributed by atoms with Crippen molar-refractivity contribution in [3.8, 4) is 0 Å². The van der Waals surface area contributed by atoms with E-state index in [1.807, 2.05) is 6.08 Å². The van der Waals surface area contributed by atoms with E-state index in [-0.39, 0.29) is 18.5 Å². The second-order valence-electron chi connectivity index (χ2n) is 22.8. The Morgan fingerprint density at radius 3 is 1.01 bits per heavy atom. The number of aliphatic hydroxyl groups excluding tert-OH is 2. The van der Waals surface area contributed by atoms with Crippen LogP contribution in [-0.4, -0.2) is 47.4 Å². The quantitative estimate of drug-likeness (QED) is 0.0320. The zero-order chi connectivity index (χ0) is 55.0.